The maximum atomic E-state index is 12.5. The van der Waals surface area contributed by atoms with Gasteiger partial charge in [-0.2, -0.15) is 11.8 Å². The highest BCUT2D eigenvalue weighted by Crippen LogP contribution is 2.37. The summed E-state index contributed by atoms with van der Waals surface area (Å²) in [4.78, 5) is 15.6. The standard InChI is InChI=1S/C12H14Br2N2OS3/c1-19-12(11(15)18)2-4-16(5-3-12)10(17)8-6-7(13)9(14)20-8/h6H,2-5H2,1H3,(H2,15,18). The molecule has 0 saturated carbocycles. The Kier molecular flexibility index (Phi) is 5.56. The van der Waals surface area contributed by atoms with Crippen molar-refractivity contribution in [3.63, 3.8) is 0 Å². The fourth-order valence-corrected chi connectivity index (χ4v) is 5.48. The Morgan fingerprint density at radius 1 is 1.50 bits per heavy atom. The van der Waals surface area contributed by atoms with E-state index in [0.29, 0.717) is 18.1 Å². The number of rotatable bonds is 3. The fourth-order valence-electron chi connectivity index (χ4n) is 2.23. The van der Waals surface area contributed by atoms with Gasteiger partial charge in [-0.1, -0.05) is 12.2 Å². The molecule has 0 radical (unpaired) electrons. The number of likely N-dealkylation sites (tertiary alicyclic amines) is 1. The molecule has 0 spiro atoms. The summed E-state index contributed by atoms with van der Waals surface area (Å²) in [7, 11) is 0. The van der Waals surface area contributed by atoms with Gasteiger partial charge in [-0.25, -0.2) is 0 Å². The number of carbonyl (C=O) groups is 1. The minimum absolute atomic E-state index is 0.0824. The van der Waals surface area contributed by atoms with Crippen LogP contribution in [0.3, 0.4) is 0 Å². The van der Waals surface area contributed by atoms with Crippen LogP contribution in [0.1, 0.15) is 22.5 Å². The van der Waals surface area contributed by atoms with E-state index in [0.717, 1.165) is 26.0 Å². The molecule has 0 unspecified atom stereocenters. The summed E-state index contributed by atoms with van der Waals surface area (Å²) < 4.78 is 1.71. The Labute approximate surface area is 148 Å². The molecule has 1 saturated heterocycles. The van der Waals surface area contributed by atoms with E-state index in [2.05, 4.69) is 31.9 Å². The highest BCUT2D eigenvalue weighted by molar-refractivity contribution is 9.13. The van der Waals surface area contributed by atoms with E-state index in [1.807, 2.05) is 17.2 Å². The second-order valence-corrected chi connectivity index (χ2v) is 9.44. The summed E-state index contributed by atoms with van der Waals surface area (Å²) in [6.07, 6.45) is 3.68. The van der Waals surface area contributed by atoms with Crippen LogP contribution in [0.4, 0.5) is 0 Å². The van der Waals surface area contributed by atoms with Crippen molar-refractivity contribution in [2.24, 2.45) is 5.73 Å². The summed E-state index contributed by atoms with van der Waals surface area (Å²) in [5, 5.41) is 0. The van der Waals surface area contributed by atoms with Crippen LogP contribution in [0.5, 0.6) is 0 Å². The molecule has 0 aliphatic carbocycles. The molecule has 20 heavy (non-hydrogen) atoms. The first-order valence-electron chi connectivity index (χ1n) is 5.99. The quantitative estimate of drug-likeness (QED) is 0.699. The zero-order valence-electron chi connectivity index (χ0n) is 10.8. The number of thiophene rings is 1. The van der Waals surface area contributed by atoms with Crippen molar-refractivity contribution >= 4 is 78.1 Å². The number of nitrogens with zero attached hydrogens (tertiary/aromatic N) is 1. The van der Waals surface area contributed by atoms with Gasteiger partial charge in [0.05, 0.1) is 18.4 Å². The van der Waals surface area contributed by atoms with E-state index in [1.54, 1.807) is 11.8 Å². The predicted octanol–water partition coefficient (Wildman–Crippen LogP) is 3.90. The average Bonchev–Trinajstić information content (AvgIpc) is 2.78. The van der Waals surface area contributed by atoms with Crippen LogP contribution in [-0.2, 0) is 0 Å². The van der Waals surface area contributed by atoms with Crippen molar-refractivity contribution in [3.05, 3.63) is 19.2 Å². The highest BCUT2D eigenvalue weighted by Gasteiger charge is 2.38. The van der Waals surface area contributed by atoms with Gasteiger partial charge in [-0.15, -0.1) is 11.3 Å². The van der Waals surface area contributed by atoms with Gasteiger partial charge < -0.3 is 10.6 Å². The van der Waals surface area contributed by atoms with Crippen LogP contribution >= 0.6 is 67.2 Å². The molecular formula is C12H14Br2N2OS3. The lowest BCUT2D eigenvalue weighted by atomic mass is 9.95. The first kappa shape index (κ1) is 16.7. The number of piperidine rings is 1. The lowest BCUT2D eigenvalue weighted by Gasteiger charge is -2.39. The minimum atomic E-state index is -0.150. The number of amides is 1. The normalized spacial score (nSPS) is 18.1. The van der Waals surface area contributed by atoms with E-state index in [9.17, 15) is 4.79 Å². The number of thioether (sulfide) groups is 1. The molecule has 2 heterocycles. The molecule has 1 aliphatic rings. The van der Waals surface area contributed by atoms with Gasteiger partial charge in [0.2, 0.25) is 0 Å². The zero-order chi connectivity index (χ0) is 14.9. The summed E-state index contributed by atoms with van der Waals surface area (Å²) in [5.41, 5.74) is 5.87. The Hall–Kier alpha value is 0.370. The Bertz CT molecular complexity index is 519. The molecule has 1 fully saturated rings. The van der Waals surface area contributed by atoms with Gasteiger partial charge in [0.15, 0.2) is 0 Å². The van der Waals surface area contributed by atoms with Gasteiger partial charge in [-0.05, 0) is 57.0 Å². The SMILES string of the molecule is CSC1(C(N)=S)CCN(C(=O)c2cc(Br)c(Br)s2)CC1. The highest BCUT2D eigenvalue weighted by atomic mass is 79.9. The maximum absolute atomic E-state index is 12.5. The predicted molar refractivity (Wildman–Crippen MR) is 97.9 cm³/mol. The van der Waals surface area contributed by atoms with E-state index in [1.165, 1.54) is 11.3 Å². The summed E-state index contributed by atoms with van der Waals surface area (Å²) >= 11 is 15.2. The Balaban J connectivity index is 2.07. The molecule has 110 valence electrons. The van der Waals surface area contributed by atoms with Crippen molar-refractivity contribution in [1.29, 1.82) is 0 Å². The molecule has 1 aliphatic heterocycles. The Morgan fingerprint density at radius 3 is 2.50 bits per heavy atom. The van der Waals surface area contributed by atoms with Crippen molar-refractivity contribution in [3.8, 4) is 0 Å². The molecule has 1 aromatic heterocycles. The van der Waals surface area contributed by atoms with Gasteiger partial charge in [0.25, 0.3) is 5.91 Å². The molecule has 2 rings (SSSR count). The minimum Gasteiger partial charge on any atom is -0.392 e. The molecule has 3 nitrogen and oxygen atoms in total. The van der Waals surface area contributed by atoms with E-state index < -0.39 is 0 Å². The lowest BCUT2D eigenvalue weighted by Crippen LogP contribution is -2.50. The molecule has 8 heteroatoms. The van der Waals surface area contributed by atoms with Crippen LogP contribution in [0.2, 0.25) is 0 Å². The molecule has 0 aromatic carbocycles. The average molecular weight is 458 g/mol. The first-order chi connectivity index (χ1) is 9.39. The molecule has 0 atom stereocenters. The fraction of sp³-hybridized carbons (Fsp3) is 0.500. The van der Waals surface area contributed by atoms with Crippen LogP contribution in [0.15, 0.2) is 14.3 Å². The third kappa shape index (κ3) is 3.24. The van der Waals surface area contributed by atoms with Crippen molar-refractivity contribution in [1.82, 2.24) is 4.90 Å². The van der Waals surface area contributed by atoms with E-state index in [4.69, 9.17) is 18.0 Å². The number of thiocarbonyl (C=S) groups is 1. The summed E-state index contributed by atoms with van der Waals surface area (Å²) in [6, 6.07) is 1.86. The smallest absolute Gasteiger partial charge is 0.264 e. The van der Waals surface area contributed by atoms with Crippen molar-refractivity contribution in [2.45, 2.75) is 17.6 Å². The number of carbonyl (C=O) groups excluding carboxylic acids is 1. The van der Waals surface area contributed by atoms with Crippen LogP contribution in [0.25, 0.3) is 0 Å². The van der Waals surface area contributed by atoms with Crippen LogP contribution in [0, 0.1) is 0 Å². The second-order valence-electron chi connectivity index (χ2n) is 4.59. The number of hydrogen-bond donors (Lipinski definition) is 1. The lowest BCUT2D eigenvalue weighted by molar-refractivity contribution is 0.0724. The zero-order valence-corrected chi connectivity index (χ0v) is 16.4. The number of hydrogen-bond acceptors (Lipinski definition) is 4. The maximum Gasteiger partial charge on any atom is 0.264 e. The van der Waals surface area contributed by atoms with Gasteiger partial charge in [-0.3, -0.25) is 4.79 Å². The van der Waals surface area contributed by atoms with E-state index >= 15 is 0 Å². The summed E-state index contributed by atoms with van der Waals surface area (Å²) in [5.74, 6) is 0.0824. The molecule has 0 bridgehead atoms. The third-order valence-electron chi connectivity index (χ3n) is 3.55. The van der Waals surface area contributed by atoms with Crippen molar-refractivity contribution < 1.29 is 4.79 Å². The van der Waals surface area contributed by atoms with Gasteiger partial charge >= 0.3 is 0 Å². The number of halogens is 2. The Morgan fingerprint density at radius 2 is 2.10 bits per heavy atom. The molecular weight excluding hydrogens is 444 g/mol. The second kappa shape index (κ2) is 6.64. The van der Waals surface area contributed by atoms with Crippen molar-refractivity contribution in [2.75, 3.05) is 19.3 Å². The molecule has 2 N–H and O–H groups in total. The van der Waals surface area contributed by atoms with Gasteiger partial charge in [0.1, 0.15) is 0 Å². The van der Waals surface area contributed by atoms with Gasteiger partial charge in [0, 0.05) is 17.6 Å². The topological polar surface area (TPSA) is 46.3 Å². The first-order valence-corrected chi connectivity index (χ1v) is 10.0. The third-order valence-corrected chi connectivity index (χ3v) is 8.73. The summed E-state index contributed by atoms with van der Waals surface area (Å²) in [6.45, 7) is 1.40. The van der Waals surface area contributed by atoms with Crippen LogP contribution < -0.4 is 5.73 Å². The number of nitrogens with two attached hydrogens (primary N) is 1. The largest absolute Gasteiger partial charge is 0.392 e. The molecule has 1 aromatic rings. The molecule has 1 amide bonds. The monoisotopic (exact) mass is 456 g/mol. The van der Waals surface area contributed by atoms with Crippen LogP contribution in [-0.4, -0.2) is 39.9 Å². The van der Waals surface area contributed by atoms with E-state index in [-0.39, 0.29) is 10.7 Å².